The Morgan fingerprint density at radius 2 is 2.00 bits per heavy atom. The average molecular weight is 255 g/mol. The summed E-state index contributed by atoms with van der Waals surface area (Å²) >= 11 is 0. The number of ether oxygens (including phenoxy) is 1. The van der Waals surface area contributed by atoms with Crippen LogP contribution in [0.5, 0.6) is 0 Å². The average Bonchev–Trinajstić information content (AvgIpc) is 2.65. The topological polar surface area (TPSA) is 60.2 Å². The molecule has 0 aliphatic heterocycles. The molecule has 1 aromatic heterocycles. The standard InChI is InChI=1S/C13H25N3O2/c1-9(2)7-16-12(14-8-15-16)6-11(17)13(18-5)10(3)4/h8-11,13,17H,6-7H2,1-5H3. The van der Waals surface area contributed by atoms with Crippen LogP contribution in [0.25, 0.3) is 0 Å². The first-order chi connectivity index (χ1) is 8.45. The maximum atomic E-state index is 10.2. The molecule has 0 aliphatic rings. The first-order valence-electron chi connectivity index (χ1n) is 6.53. The number of aromatic nitrogens is 3. The fraction of sp³-hybridized carbons (Fsp3) is 0.846. The van der Waals surface area contributed by atoms with Gasteiger partial charge in [0, 0.05) is 20.1 Å². The summed E-state index contributed by atoms with van der Waals surface area (Å²) in [5.41, 5.74) is 0. The van der Waals surface area contributed by atoms with Gasteiger partial charge in [-0.3, -0.25) is 0 Å². The van der Waals surface area contributed by atoms with Crippen molar-refractivity contribution in [3.63, 3.8) is 0 Å². The van der Waals surface area contributed by atoms with Gasteiger partial charge in [-0.25, -0.2) is 9.67 Å². The molecule has 0 spiro atoms. The normalized spacial score (nSPS) is 15.3. The van der Waals surface area contributed by atoms with Crippen molar-refractivity contribution in [2.75, 3.05) is 7.11 Å². The van der Waals surface area contributed by atoms with Crippen molar-refractivity contribution in [3.8, 4) is 0 Å². The molecule has 1 heterocycles. The Morgan fingerprint density at radius 1 is 1.33 bits per heavy atom. The third-order valence-corrected chi connectivity index (χ3v) is 2.93. The van der Waals surface area contributed by atoms with E-state index in [0.29, 0.717) is 12.3 Å². The summed E-state index contributed by atoms with van der Waals surface area (Å²) in [5.74, 6) is 1.59. The number of methoxy groups -OCH3 is 1. The molecule has 0 amide bonds. The number of nitrogens with zero attached hydrogens (tertiary/aromatic N) is 3. The minimum absolute atomic E-state index is 0.172. The smallest absolute Gasteiger partial charge is 0.138 e. The summed E-state index contributed by atoms with van der Waals surface area (Å²) < 4.78 is 7.20. The van der Waals surface area contributed by atoms with E-state index < -0.39 is 6.10 Å². The van der Waals surface area contributed by atoms with Gasteiger partial charge >= 0.3 is 0 Å². The Bertz CT molecular complexity index is 350. The van der Waals surface area contributed by atoms with Crippen molar-refractivity contribution in [2.45, 2.75) is 52.9 Å². The second-order valence-electron chi connectivity index (χ2n) is 5.47. The lowest BCUT2D eigenvalue weighted by Crippen LogP contribution is -2.35. The highest BCUT2D eigenvalue weighted by molar-refractivity contribution is 4.90. The van der Waals surface area contributed by atoms with E-state index in [0.717, 1.165) is 12.4 Å². The van der Waals surface area contributed by atoms with Crippen LogP contribution >= 0.6 is 0 Å². The minimum Gasteiger partial charge on any atom is -0.390 e. The van der Waals surface area contributed by atoms with Gasteiger partial charge in [0.25, 0.3) is 0 Å². The molecule has 2 atom stereocenters. The lowest BCUT2D eigenvalue weighted by Gasteiger charge is -2.24. The molecule has 5 nitrogen and oxygen atoms in total. The SMILES string of the molecule is COC(C(C)C)C(O)Cc1ncnn1CC(C)C. The van der Waals surface area contributed by atoms with Crippen LogP contribution in [-0.4, -0.2) is 39.2 Å². The van der Waals surface area contributed by atoms with Gasteiger partial charge < -0.3 is 9.84 Å². The van der Waals surface area contributed by atoms with Crippen molar-refractivity contribution in [1.29, 1.82) is 0 Å². The summed E-state index contributed by atoms with van der Waals surface area (Å²) in [5, 5.41) is 14.4. The number of aliphatic hydroxyl groups excluding tert-OH is 1. The molecule has 0 fully saturated rings. The molecule has 18 heavy (non-hydrogen) atoms. The summed E-state index contributed by atoms with van der Waals surface area (Å²) in [6, 6.07) is 0. The maximum Gasteiger partial charge on any atom is 0.138 e. The largest absolute Gasteiger partial charge is 0.390 e. The summed E-state index contributed by atoms with van der Waals surface area (Å²) in [6.07, 6.45) is 1.30. The second kappa shape index (κ2) is 6.85. The maximum absolute atomic E-state index is 10.2. The quantitative estimate of drug-likeness (QED) is 0.802. The third-order valence-electron chi connectivity index (χ3n) is 2.93. The molecule has 0 saturated heterocycles. The van der Waals surface area contributed by atoms with Gasteiger partial charge in [0.15, 0.2) is 0 Å². The van der Waals surface area contributed by atoms with Gasteiger partial charge in [-0.05, 0) is 11.8 Å². The third kappa shape index (κ3) is 4.07. The van der Waals surface area contributed by atoms with E-state index in [1.54, 1.807) is 13.4 Å². The van der Waals surface area contributed by atoms with E-state index in [2.05, 4.69) is 23.9 Å². The molecule has 0 radical (unpaired) electrons. The Labute approximate surface area is 109 Å². The molecule has 0 saturated carbocycles. The van der Waals surface area contributed by atoms with E-state index in [9.17, 15) is 5.11 Å². The number of hydrogen-bond donors (Lipinski definition) is 1. The highest BCUT2D eigenvalue weighted by atomic mass is 16.5. The van der Waals surface area contributed by atoms with Crippen molar-refractivity contribution < 1.29 is 9.84 Å². The predicted molar refractivity (Wildman–Crippen MR) is 70.2 cm³/mol. The Hall–Kier alpha value is -0.940. The van der Waals surface area contributed by atoms with Crippen LogP contribution in [-0.2, 0) is 17.7 Å². The Balaban J connectivity index is 2.69. The van der Waals surface area contributed by atoms with Crippen LogP contribution in [0.1, 0.15) is 33.5 Å². The molecular weight excluding hydrogens is 230 g/mol. The molecule has 1 aromatic rings. The molecule has 1 rings (SSSR count). The molecule has 0 aromatic carbocycles. The number of rotatable bonds is 7. The molecule has 2 unspecified atom stereocenters. The van der Waals surface area contributed by atoms with Crippen LogP contribution in [0.2, 0.25) is 0 Å². The summed E-state index contributed by atoms with van der Waals surface area (Å²) in [4.78, 5) is 4.22. The molecule has 5 heteroatoms. The molecule has 0 aliphatic carbocycles. The van der Waals surface area contributed by atoms with E-state index in [1.165, 1.54) is 0 Å². The van der Waals surface area contributed by atoms with Gasteiger partial charge in [0.05, 0.1) is 12.2 Å². The highest BCUT2D eigenvalue weighted by Gasteiger charge is 2.24. The van der Waals surface area contributed by atoms with Crippen molar-refractivity contribution in [2.24, 2.45) is 11.8 Å². The zero-order valence-electron chi connectivity index (χ0n) is 12.0. The predicted octanol–water partition coefficient (Wildman–Crippen LogP) is 1.51. The van der Waals surface area contributed by atoms with Crippen LogP contribution in [0.4, 0.5) is 0 Å². The van der Waals surface area contributed by atoms with Gasteiger partial charge in [0.1, 0.15) is 12.2 Å². The number of hydrogen-bond acceptors (Lipinski definition) is 4. The minimum atomic E-state index is -0.551. The highest BCUT2D eigenvalue weighted by Crippen LogP contribution is 2.14. The second-order valence-corrected chi connectivity index (χ2v) is 5.47. The number of aliphatic hydroxyl groups is 1. The fourth-order valence-electron chi connectivity index (χ4n) is 2.12. The van der Waals surface area contributed by atoms with E-state index in [4.69, 9.17) is 4.74 Å². The van der Waals surface area contributed by atoms with Crippen LogP contribution in [0.3, 0.4) is 0 Å². The molecule has 0 bridgehead atoms. The molecule has 1 N–H and O–H groups in total. The van der Waals surface area contributed by atoms with Crippen LogP contribution in [0.15, 0.2) is 6.33 Å². The Kier molecular flexibility index (Phi) is 5.75. The lowest BCUT2D eigenvalue weighted by molar-refractivity contribution is -0.0379. The summed E-state index contributed by atoms with van der Waals surface area (Å²) in [7, 11) is 1.63. The monoisotopic (exact) mass is 255 g/mol. The van der Waals surface area contributed by atoms with Gasteiger partial charge in [-0.15, -0.1) is 0 Å². The van der Waals surface area contributed by atoms with Crippen molar-refractivity contribution in [1.82, 2.24) is 14.8 Å². The first kappa shape index (κ1) is 15.1. The van der Waals surface area contributed by atoms with Crippen LogP contribution < -0.4 is 0 Å². The van der Waals surface area contributed by atoms with Crippen molar-refractivity contribution in [3.05, 3.63) is 12.2 Å². The zero-order valence-corrected chi connectivity index (χ0v) is 12.0. The van der Waals surface area contributed by atoms with Gasteiger partial charge in [0.2, 0.25) is 0 Å². The lowest BCUT2D eigenvalue weighted by atomic mass is 9.99. The Morgan fingerprint density at radius 3 is 2.50 bits per heavy atom. The molecular formula is C13H25N3O2. The van der Waals surface area contributed by atoms with E-state index in [-0.39, 0.29) is 12.0 Å². The van der Waals surface area contributed by atoms with Gasteiger partial charge in [-0.1, -0.05) is 27.7 Å². The van der Waals surface area contributed by atoms with E-state index >= 15 is 0 Å². The van der Waals surface area contributed by atoms with Crippen LogP contribution in [0, 0.1) is 11.8 Å². The van der Waals surface area contributed by atoms with E-state index in [1.807, 2.05) is 18.5 Å². The fourth-order valence-corrected chi connectivity index (χ4v) is 2.12. The van der Waals surface area contributed by atoms with Gasteiger partial charge in [-0.2, -0.15) is 5.10 Å². The zero-order chi connectivity index (χ0) is 13.7. The molecule has 104 valence electrons. The first-order valence-corrected chi connectivity index (χ1v) is 6.53. The van der Waals surface area contributed by atoms with Crippen molar-refractivity contribution >= 4 is 0 Å². The summed E-state index contributed by atoms with van der Waals surface area (Å²) in [6.45, 7) is 9.16.